The number of nitrogens with two attached hydrogens (primary N) is 1. The second-order valence-electron chi connectivity index (χ2n) is 4.08. The molecule has 0 aliphatic heterocycles. The second-order valence-corrected chi connectivity index (χ2v) is 4.08. The first-order valence-corrected chi connectivity index (χ1v) is 5.60. The van der Waals surface area contributed by atoms with Crippen LogP contribution in [0.2, 0.25) is 0 Å². The molecule has 0 aliphatic rings. The Labute approximate surface area is 110 Å². The molecule has 1 rings (SSSR count). The molecule has 1 aromatic rings. The van der Waals surface area contributed by atoms with E-state index in [-0.39, 0.29) is 5.56 Å². The summed E-state index contributed by atoms with van der Waals surface area (Å²) < 4.78 is 21.0. The Morgan fingerprint density at radius 1 is 1.50 bits per heavy atom. The summed E-state index contributed by atoms with van der Waals surface area (Å²) >= 11 is 0. The van der Waals surface area contributed by atoms with E-state index >= 15 is 0 Å². The quantitative estimate of drug-likeness (QED) is 0.758. The van der Waals surface area contributed by atoms with Gasteiger partial charge in [0.05, 0.1) is 0 Å². The number of benzene rings is 1. The largest absolute Gasteiger partial charge is 0.490 e. The Balaban J connectivity index is 2.80. The molecular formula is C14H19NO3. The zero-order valence-corrected chi connectivity index (χ0v) is 10.5. The predicted octanol–water partition coefficient (Wildman–Crippen LogP) is 1.99. The zero-order valence-electron chi connectivity index (χ0n) is 12.5. The molecule has 1 atom stereocenters. The highest BCUT2D eigenvalue weighted by atomic mass is 16.5. The van der Waals surface area contributed by atoms with Gasteiger partial charge in [0.15, 0.2) is 0 Å². The lowest BCUT2D eigenvalue weighted by atomic mass is 10.1. The third-order valence-electron chi connectivity index (χ3n) is 2.18. The van der Waals surface area contributed by atoms with Gasteiger partial charge in [-0.2, -0.15) is 0 Å². The van der Waals surface area contributed by atoms with Gasteiger partial charge in [0.25, 0.3) is 0 Å². The molecule has 0 bridgehead atoms. The van der Waals surface area contributed by atoms with Gasteiger partial charge >= 0.3 is 5.97 Å². The van der Waals surface area contributed by atoms with Crippen molar-refractivity contribution in [2.45, 2.75) is 26.3 Å². The maximum atomic E-state index is 10.8. The first kappa shape index (κ1) is 11.3. The summed E-state index contributed by atoms with van der Waals surface area (Å²) in [6.07, 6.45) is -0.211. The molecule has 98 valence electrons. The fourth-order valence-corrected chi connectivity index (χ4v) is 1.19. The summed E-state index contributed by atoms with van der Waals surface area (Å²) in [5, 5.41) is 8.81. The van der Waals surface area contributed by atoms with E-state index in [9.17, 15) is 4.79 Å². The Bertz CT molecular complexity index is 494. The lowest BCUT2D eigenvalue weighted by molar-refractivity contribution is -0.138. The summed E-state index contributed by atoms with van der Waals surface area (Å²) in [5.74, 6) is -0.787. The van der Waals surface area contributed by atoms with Crippen LogP contribution in [0.25, 0.3) is 0 Å². The third-order valence-corrected chi connectivity index (χ3v) is 2.18. The summed E-state index contributed by atoms with van der Waals surface area (Å²) in [5.41, 5.74) is 6.72. The van der Waals surface area contributed by atoms with Gasteiger partial charge in [0.2, 0.25) is 0 Å². The van der Waals surface area contributed by atoms with E-state index in [1.807, 2.05) is 19.9 Å². The summed E-state index contributed by atoms with van der Waals surface area (Å²) in [7, 11) is 0. The van der Waals surface area contributed by atoms with Gasteiger partial charge in [-0.15, -0.1) is 0 Å². The van der Waals surface area contributed by atoms with E-state index in [1.54, 1.807) is 12.1 Å². The van der Waals surface area contributed by atoms with Crippen molar-refractivity contribution in [3.63, 3.8) is 0 Å². The first-order chi connectivity index (χ1) is 9.25. The molecule has 0 saturated carbocycles. The Kier molecular flexibility index (Phi) is 4.27. The molecule has 4 heteroatoms. The van der Waals surface area contributed by atoms with Gasteiger partial charge in [-0.1, -0.05) is 17.7 Å². The van der Waals surface area contributed by atoms with Crippen molar-refractivity contribution < 1.29 is 17.4 Å². The minimum atomic E-state index is -2.13. The van der Waals surface area contributed by atoms with Gasteiger partial charge in [-0.25, -0.2) is 0 Å². The van der Waals surface area contributed by atoms with E-state index < -0.39 is 18.4 Å². The van der Waals surface area contributed by atoms with E-state index in [2.05, 4.69) is 0 Å². The minimum Gasteiger partial charge on any atom is -0.490 e. The number of ether oxygens (including phenoxy) is 1. The molecule has 0 saturated heterocycles. The van der Waals surface area contributed by atoms with Crippen LogP contribution in [0.1, 0.15) is 22.2 Å². The van der Waals surface area contributed by atoms with Crippen LogP contribution in [0.3, 0.4) is 0 Å². The van der Waals surface area contributed by atoms with E-state index in [1.165, 1.54) is 12.1 Å². The van der Waals surface area contributed by atoms with Gasteiger partial charge in [-0.3, -0.25) is 4.79 Å². The van der Waals surface area contributed by atoms with Crippen molar-refractivity contribution in [3.05, 3.63) is 41.5 Å². The molecule has 0 amide bonds. The van der Waals surface area contributed by atoms with Crippen LogP contribution < -0.4 is 10.5 Å². The number of carbonyl (C=O) groups is 1. The molecule has 0 aliphatic carbocycles. The highest BCUT2D eigenvalue weighted by Gasteiger charge is 2.11. The Morgan fingerprint density at radius 3 is 2.61 bits per heavy atom. The smallest absolute Gasteiger partial charge is 0.320 e. The van der Waals surface area contributed by atoms with E-state index in [0.29, 0.717) is 12.4 Å². The molecule has 0 heterocycles. The molecule has 18 heavy (non-hydrogen) atoms. The standard InChI is InChI=1S/C14H19NO3/c1-10(2)7-8-18-12-5-3-11(4-6-12)9-13(15)14(16)17/h3-7,13H,8-9,15H2,1-2H3,(H,16,17)/t13-/m0/s1/i9D2. The average molecular weight is 251 g/mol. The van der Waals surface area contributed by atoms with Crippen molar-refractivity contribution >= 4 is 5.97 Å². The van der Waals surface area contributed by atoms with Gasteiger partial charge < -0.3 is 15.6 Å². The number of carboxylic acid groups (broad SMARTS) is 1. The van der Waals surface area contributed by atoms with Crippen molar-refractivity contribution in [1.29, 1.82) is 0 Å². The Morgan fingerprint density at radius 2 is 2.11 bits per heavy atom. The zero-order chi connectivity index (χ0) is 15.3. The van der Waals surface area contributed by atoms with Crippen LogP contribution in [-0.2, 0) is 11.2 Å². The van der Waals surface area contributed by atoms with Crippen LogP contribution in [0.4, 0.5) is 0 Å². The predicted molar refractivity (Wildman–Crippen MR) is 70.7 cm³/mol. The monoisotopic (exact) mass is 251 g/mol. The normalized spacial score (nSPS) is 14.2. The summed E-state index contributed by atoms with van der Waals surface area (Å²) in [6, 6.07) is 4.56. The molecule has 3 N–H and O–H groups in total. The summed E-state index contributed by atoms with van der Waals surface area (Å²) in [4.78, 5) is 10.8. The number of aliphatic carboxylic acids is 1. The lowest BCUT2D eigenvalue weighted by Gasteiger charge is -2.08. The fraction of sp³-hybridized carbons (Fsp3) is 0.357. The van der Waals surface area contributed by atoms with Gasteiger partial charge in [-0.05, 0) is 44.0 Å². The number of carboxylic acids is 1. The first-order valence-electron chi connectivity index (χ1n) is 6.60. The third kappa shape index (κ3) is 5.01. The minimum absolute atomic E-state index is 0.210. The molecule has 1 aromatic carbocycles. The summed E-state index contributed by atoms with van der Waals surface area (Å²) in [6.45, 7) is 4.37. The van der Waals surface area contributed by atoms with Crippen molar-refractivity contribution in [2.24, 2.45) is 5.73 Å². The number of hydrogen-bond donors (Lipinski definition) is 2. The number of allylic oxidation sites excluding steroid dienone is 1. The Hall–Kier alpha value is -1.81. The SMILES string of the molecule is [2H]C([2H])(c1ccc(OCC=C(C)C)cc1)[C@H](N)C(=O)O. The lowest BCUT2D eigenvalue weighted by Crippen LogP contribution is -2.32. The maximum absolute atomic E-state index is 10.8. The fourth-order valence-electron chi connectivity index (χ4n) is 1.19. The van der Waals surface area contributed by atoms with Crippen molar-refractivity contribution in [3.8, 4) is 5.75 Å². The van der Waals surface area contributed by atoms with Gasteiger partial charge in [0.1, 0.15) is 18.4 Å². The van der Waals surface area contributed by atoms with Crippen molar-refractivity contribution in [2.75, 3.05) is 6.61 Å². The van der Waals surface area contributed by atoms with E-state index in [4.69, 9.17) is 18.3 Å². The van der Waals surface area contributed by atoms with Crippen LogP contribution >= 0.6 is 0 Å². The molecular weight excluding hydrogens is 230 g/mol. The highest BCUT2D eigenvalue weighted by Crippen LogP contribution is 2.13. The molecule has 0 unspecified atom stereocenters. The van der Waals surface area contributed by atoms with E-state index in [0.717, 1.165) is 5.57 Å². The van der Waals surface area contributed by atoms with Gasteiger partial charge in [0, 0.05) is 2.74 Å². The average Bonchev–Trinajstić information content (AvgIpc) is 2.37. The van der Waals surface area contributed by atoms with Crippen LogP contribution in [0.5, 0.6) is 5.75 Å². The molecule has 0 fully saturated rings. The number of hydrogen-bond acceptors (Lipinski definition) is 3. The van der Waals surface area contributed by atoms with Crippen LogP contribution in [0.15, 0.2) is 35.9 Å². The second kappa shape index (κ2) is 6.81. The number of rotatable bonds is 6. The molecule has 0 radical (unpaired) electrons. The topological polar surface area (TPSA) is 72.5 Å². The highest BCUT2D eigenvalue weighted by molar-refractivity contribution is 5.73. The van der Waals surface area contributed by atoms with Crippen LogP contribution in [-0.4, -0.2) is 23.7 Å². The maximum Gasteiger partial charge on any atom is 0.320 e. The van der Waals surface area contributed by atoms with Crippen molar-refractivity contribution in [1.82, 2.24) is 0 Å². The molecule has 0 spiro atoms. The molecule has 0 aromatic heterocycles. The van der Waals surface area contributed by atoms with Crippen LogP contribution in [0, 0.1) is 0 Å². The molecule has 4 nitrogen and oxygen atoms in total.